The third kappa shape index (κ3) is 5.34. The number of carbonyl (C=O) groups excluding carboxylic acids is 1. The molecule has 0 bridgehead atoms. The molecule has 16 heavy (non-hydrogen) atoms. The van der Waals surface area contributed by atoms with Crippen LogP contribution in [0, 0.1) is 0 Å². The topological polar surface area (TPSA) is 51.2 Å². The average Bonchev–Trinajstić information content (AvgIpc) is 2.33. The number of amides is 1. The SMILES string of the molecule is CCCCC(=O)NCCOc1ccccn1. The molecule has 1 N–H and O–H groups in total. The van der Waals surface area contributed by atoms with E-state index in [9.17, 15) is 4.79 Å². The van der Waals surface area contributed by atoms with Crippen LogP contribution in [0.4, 0.5) is 0 Å². The summed E-state index contributed by atoms with van der Waals surface area (Å²) in [6.45, 7) is 3.05. The summed E-state index contributed by atoms with van der Waals surface area (Å²) in [5, 5.41) is 2.80. The van der Waals surface area contributed by atoms with Crippen LogP contribution in [-0.2, 0) is 4.79 Å². The van der Waals surface area contributed by atoms with E-state index in [0.29, 0.717) is 25.5 Å². The summed E-state index contributed by atoms with van der Waals surface area (Å²) in [6, 6.07) is 5.49. The molecule has 0 aliphatic heterocycles. The van der Waals surface area contributed by atoms with E-state index >= 15 is 0 Å². The van der Waals surface area contributed by atoms with E-state index in [0.717, 1.165) is 12.8 Å². The predicted octanol–water partition coefficient (Wildman–Crippen LogP) is 1.77. The van der Waals surface area contributed by atoms with Crippen LogP contribution in [0.15, 0.2) is 24.4 Å². The molecule has 0 saturated heterocycles. The van der Waals surface area contributed by atoms with Gasteiger partial charge in [-0.25, -0.2) is 4.98 Å². The van der Waals surface area contributed by atoms with Crippen LogP contribution in [-0.4, -0.2) is 24.0 Å². The molecule has 0 fully saturated rings. The second-order valence-electron chi connectivity index (χ2n) is 3.47. The molecule has 0 spiro atoms. The Labute approximate surface area is 96.0 Å². The van der Waals surface area contributed by atoms with Crippen LogP contribution in [0.25, 0.3) is 0 Å². The van der Waals surface area contributed by atoms with Gasteiger partial charge in [0.1, 0.15) is 6.61 Å². The van der Waals surface area contributed by atoms with Crippen LogP contribution in [0.5, 0.6) is 5.88 Å². The van der Waals surface area contributed by atoms with Crippen molar-refractivity contribution >= 4 is 5.91 Å². The van der Waals surface area contributed by atoms with Crippen molar-refractivity contribution in [2.45, 2.75) is 26.2 Å². The number of carbonyl (C=O) groups is 1. The van der Waals surface area contributed by atoms with Crippen LogP contribution in [0.2, 0.25) is 0 Å². The summed E-state index contributed by atoms with van der Waals surface area (Å²) in [5.74, 6) is 0.678. The van der Waals surface area contributed by atoms with Gasteiger partial charge < -0.3 is 10.1 Å². The molecule has 0 aromatic carbocycles. The van der Waals surface area contributed by atoms with Crippen LogP contribution < -0.4 is 10.1 Å². The minimum absolute atomic E-state index is 0.0893. The second-order valence-corrected chi connectivity index (χ2v) is 3.47. The molecule has 4 nitrogen and oxygen atoms in total. The molecule has 0 aliphatic rings. The number of nitrogens with one attached hydrogen (secondary N) is 1. The molecule has 0 radical (unpaired) electrons. The summed E-state index contributed by atoms with van der Waals surface area (Å²) < 4.78 is 5.34. The van der Waals surface area contributed by atoms with Gasteiger partial charge >= 0.3 is 0 Å². The fraction of sp³-hybridized carbons (Fsp3) is 0.500. The summed E-state index contributed by atoms with van der Waals surface area (Å²) in [4.78, 5) is 15.2. The molecule has 4 heteroatoms. The van der Waals surface area contributed by atoms with Gasteiger partial charge in [0.25, 0.3) is 0 Å². The molecule has 1 amide bonds. The predicted molar refractivity (Wildman–Crippen MR) is 62.3 cm³/mol. The lowest BCUT2D eigenvalue weighted by molar-refractivity contribution is -0.121. The lowest BCUT2D eigenvalue weighted by atomic mass is 10.2. The van der Waals surface area contributed by atoms with Crippen molar-refractivity contribution in [1.82, 2.24) is 10.3 Å². The normalized spacial score (nSPS) is 9.81. The summed E-state index contributed by atoms with van der Waals surface area (Å²) in [6.07, 6.45) is 4.25. The summed E-state index contributed by atoms with van der Waals surface area (Å²) >= 11 is 0. The first-order chi connectivity index (χ1) is 7.83. The van der Waals surface area contributed by atoms with E-state index in [1.165, 1.54) is 0 Å². The molecule has 0 unspecified atom stereocenters. The Morgan fingerprint density at radius 2 is 2.38 bits per heavy atom. The Hall–Kier alpha value is -1.58. The molecule has 88 valence electrons. The van der Waals surface area contributed by atoms with Gasteiger partial charge in [-0.1, -0.05) is 19.4 Å². The first-order valence-corrected chi connectivity index (χ1v) is 5.63. The van der Waals surface area contributed by atoms with Gasteiger partial charge in [-0.2, -0.15) is 0 Å². The number of hydrogen-bond donors (Lipinski definition) is 1. The highest BCUT2D eigenvalue weighted by atomic mass is 16.5. The van der Waals surface area contributed by atoms with Crippen molar-refractivity contribution in [3.05, 3.63) is 24.4 Å². The third-order valence-electron chi connectivity index (χ3n) is 2.07. The molecule has 1 aromatic heterocycles. The van der Waals surface area contributed by atoms with Crippen molar-refractivity contribution in [2.24, 2.45) is 0 Å². The molecular weight excluding hydrogens is 204 g/mol. The largest absolute Gasteiger partial charge is 0.476 e. The maximum absolute atomic E-state index is 11.2. The zero-order valence-corrected chi connectivity index (χ0v) is 9.61. The molecule has 0 atom stereocenters. The van der Waals surface area contributed by atoms with E-state index < -0.39 is 0 Å². The zero-order chi connectivity index (χ0) is 11.6. The smallest absolute Gasteiger partial charge is 0.220 e. The molecule has 1 aromatic rings. The Kier molecular flexibility index (Phi) is 5.99. The number of hydrogen-bond acceptors (Lipinski definition) is 3. The van der Waals surface area contributed by atoms with Crippen LogP contribution >= 0.6 is 0 Å². The molecule has 1 heterocycles. The first kappa shape index (κ1) is 12.5. The number of pyridine rings is 1. The van der Waals surface area contributed by atoms with Gasteiger partial charge in [0.15, 0.2) is 0 Å². The molecule has 0 saturated carbocycles. The molecule has 0 aliphatic carbocycles. The van der Waals surface area contributed by atoms with E-state index in [-0.39, 0.29) is 5.91 Å². The van der Waals surface area contributed by atoms with Gasteiger partial charge in [0, 0.05) is 18.7 Å². The molecule has 1 rings (SSSR count). The second kappa shape index (κ2) is 7.68. The van der Waals surface area contributed by atoms with Gasteiger partial charge in [0.05, 0.1) is 6.54 Å². The number of aromatic nitrogens is 1. The highest BCUT2D eigenvalue weighted by Gasteiger charge is 1.99. The summed E-state index contributed by atoms with van der Waals surface area (Å²) in [5.41, 5.74) is 0. The Morgan fingerprint density at radius 1 is 1.50 bits per heavy atom. The monoisotopic (exact) mass is 222 g/mol. The van der Waals surface area contributed by atoms with Crippen molar-refractivity contribution in [3.63, 3.8) is 0 Å². The lowest BCUT2D eigenvalue weighted by Crippen LogP contribution is -2.27. The summed E-state index contributed by atoms with van der Waals surface area (Å²) in [7, 11) is 0. The fourth-order valence-corrected chi connectivity index (χ4v) is 1.20. The van der Waals surface area contributed by atoms with Crippen LogP contribution in [0.3, 0.4) is 0 Å². The molecular formula is C12H18N2O2. The maximum atomic E-state index is 11.2. The Bertz CT molecular complexity index is 301. The van der Waals surface area contributed by atoms with Crippen LogP contribution in [0.1, 0.15) is 26.2 Å². The van der Waals surface area contributed by atoms with E-state index in [1.54, 1.807) is 12.3 Å². The van der Waals surface area contributed by atoms with E-state index in [1.807, 2.05) is 12.1 Å². The number of unbranched alkanes of at least 4 members (excludes halogenated alkanes) is 1. The minimum atomic E-state index is 0.0893. The van der Waals surface area contributed by atoms with Gasteiger partial charge in [-0.05, 0) is 12.5 Å². The average molecular weight is 222 g/mol. The quantitative estimate of drug-likeness (QED) is 0.715. The van der Waals surface area contributed by atoms with Gasteiger partial charge in [-0.15, -0.1) is 0 Å². The standard InChI is InChI=1S/C12H18N2O2/c1-2-3-6-11(15)13-9-10-16-12-7-4-5-8-14-12/h4-5,7-8H,2-3,6,9-10H2,1H3,(H,13,15). The van der Waals surface area contributed by atoms with Gasteiger partial charge in [-0.3, -0.25) is 4.79 Å². The number of rotatable bonds is 7. The Balaban J connectivity index is 2.06. The highest BCUT2D eigenvalue weighted by Crippen LogP contribution is 2.01. The fourth-order valence-electron chi connectivity index (χ4n) is 1.20. The van der Waals surface area contributed by atoms with E-state index in [2.05, 4.69) is 17.2 Å². The third-order valence-corrected chi connectivity index (χ3v) is 2.07. The van der Waals surface area contributed by atoms with Crippen molar-refractivity contribution < 1.29 is 9.53 Å². The van der Waals surface area contributed by atoms with Crippen molar-refractivity contribution in [3.8, 4) is 5.88 Å². The lowest BCUT2D eigenvalue weighted by Gasteiger charge is -2.06. The van der Waals surface area contributed by atoms with Crippen molar-refractivity contribution in [2.75, 3.05) is 13.2 Å². The number of nitrogens with zero attached hydrogens (tertiary/aromatic N) is 1. The zero-order valence-electron chi connectivity index (χ0n) is 9.61. The van der Waals surface area contributed by atoms with Gasteiger partial charge in [0.2, 0.25) is 11.8 Å². The number of ether oxygens (including phenoxy) is 1. The maximum Gasteiger partial charge on any atom is 0.220 e. The minimum Gasteiger partial charge on any atom is -0.476 e. The first-order valence-electron chi connectivity index (χ1n) is 5.63. The van der Waals surface area contributed by atoms with E-state index in [4.69, 9.17) is 4.74 Å². The Morgan fingerprint density at radius 3 is 3.06 bits per heavy atom. The van der Waals surface area contributed by atoms with Crippen molar-refractivity contribution in [1.29, 1.82) is 0 Å². The highest BCUT2D eigenvalue weighted by molar-refractivity contribution is 5.75.